The molecule has 0 radical (unpaired) electrons. The molecule has 4 nitrogen and oxygen atoms in total. The lowest BCUT2D eigenvalue weighted by atomic mass is 9.93. The predicted molar refractivity (Wildman–Crippen MR) is 58.6 cm³/mol. The van der Waals surface area contributed by atoms with Gasteiger partial charge in [-0.15, -0.1) is 0 Å². The molecule has 0 aliphatic heterocycles. The van der Waals surface area contributed by atoms with E-state index in [0.29, 0.717) is 6.54 Å². The van der Waals surface area contributed by atoms with Crippen molar-refractivity contribution < 1.29 is 5.11 Å². The van der Waals surface area contributed by atoms with Gasteiger partial charge in [0.2, 0.25) is 5.13 Å². The van der Waals surface area contributed by atoms with Crippen molar-refractivity contribution in [2.24, 2.45) is 5.92 Å². The Hall–Kier alpha value is -0.680. The Morgan fingerprint density at radius 1 is 1.57 bits per heavy atom. The van der Waals surface area contributed by atoms with Gasteiger partial charge in [0.25, 0.3) is 0 Å². The molecule has 0 saturated carbocycles. The monoisotopic (exact) mass is 215 g/mol. The third kappa shape index (κ3) is 2.92. The van der Waals surface area contributed by atoms with Crippen molar-refractivity contribution in [2.45, 2.75) is 33.3 Å². The Morgan fingerprint density at radius 2 is 2.21 bits per heavy atom. The average molecular weight is 215 g/mol. The highest BCUT2D eigenvalue weighted by atomic mass is 32.1. The van der Waals surface area contributed by atoms with E-state index in [1.807, 2.05) is 27.7 Å². The molecule has 1 aromatic heterocycles. The maximum atomic E-state index is 9.95. The predicted octanol–water partition coefficient (Wildman–Crippen LogP) is 1.67. The topological polar surface area (TPSA) is 58.0 Å². The first-order chi connectivity index (χ1) is 6.42. The lowest BCUT2D eigenvalue weighted by Gasteiger charge is -2.27. The molecule has 0 amide bonds. The molecule has 0 aromatic carbocycles. The molecule has 2 N–H and O–H groups in total. The summed E-state index contributed by atoms with van der Waals surface area (Å²) in [5, 5.41) is 13.8. The number of nitrogens with zero attached hydrogens (tertiary/aromatic N) is 2. The molecular weight excluding hydrogens is 198 g/mol. The highest BCUT2D eigenvalue weighted by Crippen LogP contribution is 2.18. The Balaban J connectivity index is 2.48. The van der Waals surface area contributed by atoms with Gasteiger partial charge in [-0.3, -0.25) is 0 Å². The number of nitrogens with one attached hydrogen (secondary N) is 1. The van der Waals surface area contributed by atoms with E-state index < -0.39 is 5.60 Å². The summed E-state index contributed by atoms with van der Waals surface area (Å²) in [5.41, 5.74) is -0.709. The van der Waals surface area contributed by atoms with Gasteiger partial charge in [-0.2, -0.15) is 4.37 Å². The van der Waals surface area contributed by atoms with Crippen molar-refractivity contribution in [3.63, 3.8) is 0 Å². The fraction of sp³-hybridized carbons (Fsp3) is 0.778. The number of hydrogen-bond donors (Lipinski definition) is 2. The van der Waals surface area contributed by atoms with E-state index in [0.717, 1.165) is 11.0 Å². The molecular formula is C9H17N3OS. The number of aryl methyl sites for hydroxylation is 1. The summed E-state index contributed by atoms with van der Waals surface area (Å²) in [4.78, 5) is 4.16. The maximum absolute atomic E-state index is 9.95. The van der Waals surface area contributed by atoms with Crippen molar-refractivity contribution in [3.05, 3.63) is 5.82 Å². The molecule has 1 atom stereocenters. The Morgan fingerprint density at radius 3 is 2.64 bits per heavy atom. The van der Waals surface area contributed by atoms with E-state index in [1.165, 1.54) is 11.5 Å². The zero-order chi connectivity index (χ0) is 10.8. The zero-order valence-corrected chi connectivity index (χ0v) is 9.85. The largest absolute Gasteiger partial charge is 0.388 e. The van der Waals surface area contributed by atoms with Crippen LogP contribution in [0.15, 0.2) is 0 Å². The molecule has 0 spiro atoms. The first-order valence-electron chi connectivity index (χ1n) is 4.68. The van der Waals surface area contributed by atoms with Crippen LogP contribution in [0.1, 0.15) is 26.6 Å². The van der Waals surface area contributed by atoms with Crippen LogP contribution in [0.4, 0.5) is 5.13 Å². The highest BCUT2D eigenvalue weighted by molar-refractivity contribution is 7.09. The Bertz CT molecular complexity index is 296. The van der Waals surface area contributed by atoms with Crippen molar-refractivity contribution in [1.82, 2.24) is 9.36 Å². The molecule has 0 aliphatic rings. The molecule has 1 unspecified atom stereocenters. The van der Waals surface area contributed by atoms with Gasteiger partial charge in [-0.05, 0) is 19.8 Å². The van der Waals surface area contributed by atoms with Crippen molar-refractivity contribution in [1.29, 1.82) is 0 Å². The van der Waals surface area contributed by atoms with Gasteiger partial charge < -0.3 is 10.4 Å². The molecule has 80 valence electrons. The van der Waals surface area contributed by atoms with Crippen molar-refractivity contribution in [2.75, 3.05) is 11.9 Å². The van der Waals surface area contributed by atoms with Gasteiger partial charge in [-0.1, -0.05) is 13.8 Å². The van der Waals surface area contributed by atoms with E-state index in [4.69, 9.17) is 0 Å². The normalized spacial score (nSPS) is 15.6. The SMILES string of the molecule is Cc1nsc(NCC(C)(O)C(C)C)n1. The summed E-state index contributed by atoms with van der Waals surface area (Å²) < 4.78 is 4.05. The second-order valence-corrected chi connectivity index (χ2v) is 4.76. The van der Waals surface area contributed by atoms with Crippen molar-refractivity contribution >= 4 is 16.7 Å². The van der Waals surface area contributed by atoms with Crippen LogP contribution in [0.25, 0.3) is 0 Å². The van der Waals surface area contributed by atoms with Crippen LogP contribution in [0.5, 0.6) is 0 Å². The summed E-state index contributed by atoms with van der Waals surface area (Å²) in [5.74, 6) is 0.978. The third-order valence-electron chi connectivity index (χ3n) is 2.37. The van der Waals surface area contributed by atoms with Crippen LogP contribution < -0.4 is 5.32 Å². The number of aromatic nitrogens is 2. The summed E-state index contributed by atoms with van der Waals surface area (Å²) in [7, 11) is 0. The summed E-state index contributed by atoms with van der Waals surface area (Å²) in [6, 6.07) is 0. The second-order valence-electron chi connectivity index (χ2n) is 4.01. The fourth-order valence-corrected chi connectivity index (χ4v) is 1.40. The smallest absolute Gasteiger partial charge is 0.202 e. The van der Waals surface area contributed by atoms with Crippen LogP contribution in [0.2, 0.25) is 0 Å². The van der Waals surface area contributed by atoms with Gasteiger partial charge in [0, 0.05) is 18.1 Å². The quantitative estimate of drug-likeness (QED) is 0.802. The highest BCUT2D eigenvalue weighted by Gasteiger charge is 2.24. The first kappa shape index (κ1) is 11.4. The lowest BCUT2D eigenvalue weighted by Crippen LogP contribution is -2.38. The molecule has 0 saturated heterocycles. The summed E-state index contributed by atoms with van der Waals surface area (Å²) in [6.45, 7) is 8.15. The minimum atomic E-state index is -0.709. The van der Waals surface area contributed by atoms with Gasteiger partial charge in [0.15, 0.2) is 0 Å². The molecule has 14 heavy (non-hydrogen) atoms. The Kier molecular flexibility index (Phi) is 3.44. The number of rotatable bonds is 4. The zero-order valence-electron chi connectivity index (χ0n) is 9.03. The molecule has 5 heteroatoms. The third-order valence-corrected chi connectivity index (χ3v) is 3.13. The number of anilines is 1. The van der Waals surface area contributed by atoms with E-state index in [-0.39, 0.29) is 5.92 Å². The van der Waals surface area contributed by atoms with E-state index >= 15 is 0 Å². The van der Waals surface area contributed by atoms with E-state index in [9.17, 15) is 5.11 Å². The van der Waals surface area contributed by atoms with Gasteiger partial charge in [0.05, 0.1) is 5.60 Å². The fourth-order valence-electron chi connectivity index (χ4n) is 0.828. The minimum Gasteiger partial charge on any atom is -0.388 e. The van der Waals surface area contributed by atoms with Crippen LogP contribution >= 0.6 is 11.5 Å². The molecule has 0 fully saturated rings. The Labute approximate surface area is 88.6 Å². The lowest BCUT2D eigenvalue weighted by molar-refractivity contribution is 0.0266. The molecule has 0 bridgehead atoms. The molecule has 1 aromatic rings. The second kappa shape index (κ2) is 4.23. The average Bonchev–Trinajstić information content (AvgIpc) is 2.48. The number of aliphatic hydroxyl groups is 1. The molecule has 1 heterocycles. The van der Waals surface area contributed by atoms with Crippen LogP contribution in [-0.2, 0) is 0 Å². The van der Waals surface area contributed by atoms with Crippen LogP contribution in [-0.4, -0.2) is 26.6 Å². The van der Waals surface area contributed by atoms with Gasteiger partial charge in [0.1, 0.15) is 5.82 Å². The number of hydrogen-bond acceptors (Lipinski definition) is 5. The van der Waals surface area contributed by atoms with Crippen LogP contribution in [0.3, 0.4) is 0 Å². The van der Waals surface area contributed by atoms with Crippen molar-refractivity contribution in [3.8, 4) is 0 Å². The van der Waals surface area contributed by atoms with E-state index in [1.54, 1.807) is 0 Å². The standard InChI is InChI=1S/C9H17N3OS/c1-6(2)9(4,13)5-10-8-11-7(3)12-14-8/h6,13H,5H2,1-4H3,(H,10,11,12). The summed E-state index contributed by atoms with van der Waals surface area (Å²) >= 11 is 1.32. The maximum Gasteiger partial charge on any atom is 0.202 e. The minimum absolute atomic E-state index is 0.212. The summed E-state index contributed by atoms with van der Waals surface area (Å²) in [6.07, 6.45) is 0. The first-order valence-corrected chi connectivity index (χ1v) is 5.46. The van der Waals surface area contributed by atoms with Gasteiger partial charge >= 0.3 is 0 Å². The van der Waals surface area contributed by atoms with Crippen LogP contribution in [0, 0.1) is 12.8 Å². The van der Waals surface area contributed by atoms with Gasteiger partial charge in [-0.25, -0.2) is 4.98 Å². The molecule has 1 rings (SSSR count). The van der Waals surface area contributed by atoms with E-state index in [2.05, 4.69) is 14.7 Å². The molecule has 0 aliphatic carbocycles.